The number of carbonyl (C=O) groups is 3. The first-order chi connectivity index (χ1) is 17.0. The number of alkyl carbamates (subject to hydrolysis) is 1. The van der Waals surface area contributed by atoms with Crippen molar-refractivity contribution in [1.29, 1.82) is 0 Å². The minimum absolute atomic E-state index is 0.0159. The number of ether oxygens (including phenoxy) is 1. The summed E-state index contributed by atoms with van der Waals surface area (Å²) < 4.78 is 5.24. The van der Waals surface area contributed by atoms with Crippen molar-refractivity contribution in [2.45, 2.75) is 58.8 Å². The second kappa shape index (κ2) is 12.9. The molecule has 3 N–H and O–H groups in total. The quantitative estimate of drug-likeness (QED) is 0.437. The number of hydrogen-bond acceptors (Lipinski definition) is 5. The van der Waals surface area contributed by atoms with Crippen LogP contribution < -0.4 is 10.6 Å². The van der Waals surface area contributed by atoms with Crippen molar-refractivity contribution in [3.8, 4) is 0 Å². The van der Waals surface area contributed by atoms with E-state index in [4.69, 9.17) is 4.74 Å². The SMILES string of the molecule is C=CCN(C(=O)C(CO)NC(=O)OC(C)(C)C)C(C(=O)NCc1ccccc1)c1ccc(C)cc1C. The summed E-state index contributed by atoms with van der Waals surface area (Å²) in [5, 5.41) is 15.3. The van der Waals surface area contributed by atoms with Gasteiger partial charge in [-0.3, -0.25) is 9.59 Å². The zero-order valence-electron chi connectivity index (χ0n) is 21.7. The standard InChI is InChI=1S/C28H37N3O5/c1-7-15-31(26(34)23(18-32)30-27(35)36-28(4,5)6)24(22-14-13-19(2)16-20(22)3)25(33)29-17-21-11-9-8-10-12-21/h7-14,16,23-24,32H,1,15,17-18H2,2-6H3,(H,29,33)(H,30,35). The molecule has 2 rings (SSSR count). The van der Waals surface area contributed by atoms with Crippen molar-refractivity contribution in [2.75, 3.05) is 13.2 Å². The summed E-state index contributed by atoms with van der Waals surface area (Å²) in [7, 11) is 0. The van der Waals surface area contributed by atoms with E-state index in [1.54, 1.807) is 20.8 Å². The Labute approximate surface area is 213 Å². The van der Waals surface area contributed by atoms with Crippen molar-refractivity contribution in [1.82, 2.24) is 15.5 Å². The van der Waals surface area contributed by atoms with Gasteiger partial charge in [0.15, 0.2) is 0 Å². The Bertz CT molecular complexity index is 1060. The van der Waals surface area contributed by atoms with Crippen LogP contribution in [-0.2, 0) is 20.9 Å². The number of nitrogens with one attached hydrogen (secondary N) is 2. The van der Waals surface area contributed by atoms with Gasteiger partial charge in [-0.15, -0.1) is 6.58 Å². The smallest absolute Gasteiger partial charge is 0.408 e. The van der Waals surface area contributed by atoms with E-state index in [1.807, 2.05) is 62.4 Å². The Kier molecular flexibility index (Phi) is 10.2. The Morgan fingerprint density at radius 1 is 1.11 bits per heavy atom. The van der Waals surface area contributed by atoms with Crippen LogP contribution >= 0.6 is 0 Å². The van der Waals surface area contributed by atoms with Crippen LogP contribution in [0.5, 0.6) is 0 Å². The van der Waals surface area contributed by atoms with E-state index in [1.165, 1.54) is 11.0 Å². The molecule has 2 aromatic carbocycles. The molecule has 0 spiro atoms. The maximum Gasteiger partial charge on any atom is 0.408 e. The Balaban J connectivity index is 2.41. The zero-order chi connectivity index (χ0) is 26.9. The number of aliphatic hydroxyl groups is 1. The summed E-state index contributed by atoms with van der Waals surface area (Å²) in [6.07, 6.45) is 0.658. The van der Waals surface area contributed by atoms with Gasteiger partial charge in [0.2, 0.25) is 11.8 Å². The second-order valence-corrected chi connectivity index (χ2v) is 9.63. The van der Waals surface area contributed by atoms with Gasteiger partial charge in [-0.05, 0) is 51.3 Å². The highest BCUT2D eigenvalue weighted by atomic mass is 16.6. The molecule has 2 aromatic rings. The number of carbonyl (C=O) groups excluding carboxylic acids is 3. The minimum Gasteiger partial charge on any atom is -0.444 e. The van der Waals surface area contributed by atoms with Gasteiger partial charge in [-0.1, -0.05) is 60.2 Å². The molecule has 194 valence electrons. The summed E-state index contributed by atoms with van der Waals surface area (Å²) in [4.78, 5) is 40.8. The van der Waals surface area contributed by atoms with Crippen molar-refractivity contribution in [3.63, 3.8) is 0 Å². The number of rotatable bonds is 10. The highest BCUT2D eigenvalue weighted by molar-refractivity contribution is 5.92. The lowest BCUT2D eigenvalue weighted by Crippen LogP contribution is -2.54. The maximum absolute atomic E-state index is 13.6. The molecule has 0 heterocycles. The molecule has 0 aliphatic rings. The van der Waals surface area contributed by atoms with Crippen molar-refractivity contribution < 1.29 is 24.2 Å². The van der Waals surface area contributed by atoms with Crippen LogP contribution in [0.1, 0.15) is 49.1 Å². The maximum atomic E-state index is 13.6. The molecule has 0 radical (unpaired) electrons. The van der Waals surface area contributed by atoms with E-state index < -0.39 is 42.2 Å². The molecular formula is C28H37N3O5. The number of nitrogens with zero attached hydrogens (tertiary/aromatic N) is 1. The van der Waals surface area contributed by atoms with Gasteiger partial charge in [0.05, 0.1) is 6.61 Å². The van der Waals surface area contributed by atoms with Gasteiger partial charge in [-0.2, -0.15) is 0 Å². The molecule has 0 aliphatic carbocycles. The predicted octanol–water partition coefficient (Wildman–Crippen LogP) is 3.56. The number of hydrogen-bond donors (Lipinski definition) is 3. The molecule has 0 aromatic heterocycles. The summed E-state index contributed by atoms with van der Waals surface area (Å²) >= 11 is 0. The van der Waals surface area contributed by atoms with Gasteiger partial charge in [0.25, 0.3) is 0 Å². The van der Waals surface area contributed by atoms with E-state index in [2.05, 4.69) is 17.2 Å². The van der Waals surface area contributed by atoms with Gasteiger partial charge in [-0.25, -0.2) is 4.79 Å². The Morgan fingerprint density at radius 2 is 1.78 bits per heavy atom. The first-order valence-electron chi connectivity index (χ1n) is 11.9. The molecule has 0 aliphatic heterocycles. The third-order valence-corrected chi connectivity index (χ3v) is 5.37. The fourth-order valence-corrected chi connectivity index (χ4v) is 3.76. The monoisotopic (exact) mass is 495 g/mol. The van der Waals surface area contributed by atoms with Gasteiger partial charge in [0.1, 0.15) is 17.7 Å². The molecule has 3 amide bonds. The molecule has 0 saturated heterocycles. The lowest BCUT2D eigenvalue weighted by Gasteiger charge is -2.34. The molecule has 0 saturated carbocycles. The van der Waals surface area contributed by atoms with Crippen molar-refractivity contribution >= 4 is 17.9 Å². The lowest BCUT2D eigenvalue weighted by atomic mass is 9.96. The summed E-state index contributed by atoms with van der Waals surface area (Å²) in [5.74, 6) is -1.03. The molecule has 0 bridgehead atoms. The van der Waals surface area contributed by atoms with E-state index in [0.717, 1.165) is 16.7 Å². The summed E-state index contributed by atoms with van der Waals surface area (Å²) in [6.45, 7) is 12.3. The van der Waals surface area contributed by atoms with Crippen LogP contribution in [0.4, 0.5) is 4.79 Å². The van der Waals surface area contributed by atoms with Crippen LogP contribution in [0.15, 0.2) is 61.2 Å². The second-order valence-electron chi connectivity index (χ2n) is 9.63. The lowest BCUT2D eigenvalue weighted by molar-refractivity contribution is -0.142. The Hall–Kier alpha value is -3.65. The van der Waals surface area contributed by atoms with Crippen LogP contribution in [0.25, 0.3) is 0 Å². The van der Waals surface area contributed by atoms with Gasteiger partial charge < -0.3 is 25.4 Å². The van der Waals surface area contributed by atoms with Gasteiger partial charge in [0, 0.05) is 13.1 Å². The zero-order valence-corrected chi connectivity index (χ0v) is 21.7. The average Bonchev–Trinajstić information content (AvgIpc) is 2.81. The minimum atomic E-state index is -1.31. The fraction of sp³-hybridized carbons (Fsp3) is 0.393. The molecule has 8 heteroatoms. The van der Waals surface area contributed by atoms with Crippen LogP contribution in [-0.4, -0.2) is 52.7 Å². The normalized spacial score (nSPS) is 12.7. The number of amides is 3. The van der Waals surface area contributed by atoms with Crippen LogP contribution in [0.2, 0.25) is 0 Å². The third-order valence-electron chi connectivity index (χ3n) is 5.37. The first-order valence-corrected chi connectivity index (χ1v) is 11.9. The van der Waals surface area contributed by atoms with E-state index in [0.29, 0.717) is 5.56 Å². The van der Waals surface area contributed by atoms with Crippen molar-refractivity contribution in [3.05, 3.63) is 83.4 Å². The summed E-state index contributed by atoms with van der Waals surface area (Å²) in [6, 6.07) is 12.7. The number of aliphatic hydroxyl groups excluding tert-OH is 1. The van der Waals surface area contributed by atoms with E-state index in [-0.39, 0.29) is 13.1 Å². The van der Waals surface area contributed by atoms with E-state index in [9.17, 15) is 19.5 Å². The molecule has 2 unspecified atom stereocenters. The van der Waals surface area contributed by atoms with Gasteiger partial charge >= 0.3 is 6.09 Å². The molecule has 0 fully saturated rings. The fourth-order valence-electron chi connectivity index (χ4n) is 3.76. The number of aryl methyl sites for hydroxylation is 2. The van der Waals surface area contributed by atoms with Crippen molar-refractivity contribution in [2.24, 2.45) is 0 Å². The first kappa shape index (κ1) is 28.6. The molecule has 8 nitrogen and oxygen atoms in total. The highest BCUT2D eigenvalue weighted by Gasteiger charge is 2.36. The van der Waals surface area contributed by atoms with Crippen LogP contribution in [0.3, 0.4) is 0 Å². The topological polar surface area (TPSA) is 108 Å². The molecule has 2 atom stereocenters. The molecule has 36 heavy (non-hydrogen) atoms. The highest BCUT2D eigenvalue weighted by Crippen LogP contribution is 2.26. The van der Waals surface area contributed by atoms with E-state index >= 15 is 0 Å². The third kappa shape index (κ3) is 8.23. The average molecular weight is 496 g/mol. The van der Waals surface area contributed by atoms with Crippen LogP contribution in [0, 0.1) is 13.8 Å². The largest absolute Gasteiger partial charge is 0.444 e. The predicted molar refractivity (Wildman–Crippen MR) is 139 cm³/mol. The summed E-state index contributed by atoms with van der Waals surface area (Å²) in [5.41, 5.74) is 2.60. The molecular weight excluding hydrogens is 458 g/mol. The Morgan fingerprint density at radius 3 is 2.33 bits per heavy atom. The number of benzene rings is 2.